The van der Waals surface area contributed by atoms with Crippen LogP contribution in [0, 0.1) is 0 Å². The van der Waals surface area contributed by atoms with Gasteiger partial charge in [-0.25, -0.2) is 0 Å². The van der Waals surface area contributed by atoms with Crippen molar-refractivity contribution in [3.05, 3.63) is 0 Å². The minimum atomic E-state index is -0.950. The molecular weight excluding hydrogens is 260 g/mol. The Morgan fingerprint density at radius 1 is 1.00 bits per heavy atom. The quantitative estimate of drug-likeness (QED) is 0.430. The molecule has 0 aliphatic carbocycles. The zero-order valence-corrected chi connectivity index (χ0v) is 10.4. The van der Waals surface area contributed by atoms with Crippen molar-refractivity contribution in [2.45, 2.75) is 33.5 Å². The molecule has 8 nitrogen and oxygen atoms in total. The van der Waals surface area contributed by atoms with Crippen molar-refractivity contribution in [3.8, 4) is 0 Å². The smallest absolute Gasteiger partial charge is 0.303 e. The van der Waals surface area contributed by atoms with Gasteiger partial charge in [-0.1, -0.05) is 7.43 Å². The molecule has 0 aliphatic heterocycles. The molecule has 0 aromatic carbocycles. The first-order valence-electron chi connectivity index (χ1n) is 5.18. The van der Waals surface area contributed by atoms with E-state index in [1.165, 1.54) is 13.8 Å². The first-order chi connectivity index (χ1) is 8.37. The Labute approximate surface area is 112 Å². The Hall–Kier alpha value is -1.22. The van der Waals surface area contributed by atoms with Gasteiger partial charge in [0.15, 0.2) is 0 Å². The molecule has 116 valence electrons. The van der Waals surface area contributed by atoms with E-state index in [-0.39, 0.29) is 33.9 Å². The van der Waals surface area contributed by atoms with Gasteiger partial charge in [-0.05, 0) is 0 Å². The lowest BCUT2D eigenvalue weighted by atomic mass is 10.4. The van der Waals surface area contributed by atoms with Crippen LogP contribution in [0.15, 0.2) is 0 Å². The fourth-order valence-electron chi connectivity index (χ4n) is 0.633. The maximum Gasteiger partial charge on any atom is 0.303 e. The fourth-order valence-corrected chi connectivity index (χ4v) is 0.633. The number of rotatable bonds is 6. The van der Waals surface area contributed by atoms with Crippen LogP contribution < -0.4 is 0 Å². The van der Waals surface area contributed by atoms with E-state index in [4.69, 9.17) is 20.4 Å². The number of hydrogen-bond acceptors (Lipinski definition) is 8. The van der Waals surface area contributed by atoms with E-state index in [0.717, 1.165) is 0 Å². The summed E-state index contributed by atoms with van der Waals surface area (Å²) in [5.74, 6) is -0.953. The lowest BCUT2D eigenvalue weighted by Gasteiger charge is -2.09. The molecule has 4 N–H and O–H groups in total. The Balaban J connectivity index is -0.000000256. The molecule has 0 saturated heterocycles. The van der Waals surface area contributed by atoms with Crippen molar-refractivity contribution in [2.75, 3.05) is 26.4 Å². The third kappa shape index (κ3) is 19.3. The number of carbonyl (C=O) groups excluding carboxylic acids is 2. The van der Waals surface area contributed by atoms with Gasteiger partial charge in [0.1, 0.15) is 18.8 Å². The summed E-state index contributed by atoms with van der Waals surface area (Å²) in [6.07, 6.45) is -1.71. The van der Waals surface area contributed by atoms with Crippen LogP contribution in [-0.4, -0.2) is 71.0 Å². The van der Waals surface area contributed by atoms with Gasteiger partial charge in [-0.2, -0.15) is 0 Å². The summed E-state index contributed by atoms with van der Waals surface area (Å²) in [5, 5.41) is 33.5. The average Bonchev–Trinajstić information content (AvgIpc) is 2.33. The fraction of sp³-hybridized carbons (Fsp3) is 0.818. The van der Waals surface area contributed by atoms with Crippen molar-refractivity contribution in [1.29, 1.82) is 0 Å². The summed E-state index contributed by atoms with van der Waals surface area (Å²) in [6, 6.07) is 0. The Kier molecular flexibility index (Phi) is 17.9. The van der Waals surface area contributed by atoms with Crippen molar-refractivity contribution in [3.63, 3.8) is 0 Å². The molecule has 1 atom stereocenters. The second-order valence-corrected chi connectivity index (χ2v) is 3.24. The molecule has 0 saturated carbocycles. The summed E-state index contributed by atoms with van der Waals surface area (Å²) in [5.41, 5.74) is 0. The van der Waals surface area contributed by atoms with E-state index >= 15 is 0 Å². The molecule has 0 aliphatic rings. The average molecular weight is 284 g/mol. The molecule has 0 amide bonds. The molecule has 0 radical (unpaired) electrons. The van der Waals surface area contributed by atoms with Crippen LogP contribution in [0.4, 0.5) is 0 Å². The van der Waals surface area contributed by atoms with E-state index in [9.17, 15) is 9.59 Å². The molecule has 19 heavy (non-hydrogen) atoms. The van der Waals surface area contributed by atoms with Gasteiger partial charge in [0.25, 0.3) is 0 Å². The molecule has 0 heterocycles. The standard InChI is InChI=1S/2C5H10O4.CH4/c1-4(7)9-3-5(8)2-6;1-4(8)9-5(2-6)3-7;/h5-6,8H,2-3H2,1H3;5-7H,2-3H2,1H3;1H4. The van der Waals surface area contributed by atoms with Crippen LogP contribution in [0.1, 0.15) is 21.3 Å². The second-order valence-electron chi connectivity index (χ2n) is 3.24. The molecule has 1 unspecified atom stereocenters. The lowest BCUT2D eigenvalue weighted by molar-refractivity contribution is -0.150. The summed E-state index contributed by atoms with van der Waals surface area (Å²) in [7, 11) is 0. The number of esters is 2. The highest BCUT2D eigenvalue weighted by molar-refractivity contribution is 5.66. The number of ether oxygens (including phenoxy) is 2. The third-order valence-corrected chi connectivity index (χ3v) is 1.43. The highest BCUT2D eigenvalue weighted by Gasteiger charge is 2.07. The van der Waals surface area contributed by atoms with Crippen LogP contribution in [0.5, 0.6) is 0 Å². The molecule has 0 aromatic heterocycles. The highest BCUT2D eigenvalue weighted by atomic mass is 16.6. The van der Waals surface area contributed by atoms with Gasteiger partial charge in [0.05, 0.1) is 19.8 Å². The third-order valence-electron chi connectivity index (χ3n) is 1.43. The second kappa shape index (κ2) is 14.8. The first-order valence-corrected chi connectivity index (χ1v) is 5.18. The van der Waals surface area contributed by atoms with Crippen LogP contribution in [0.2, 0.25) is 0 Å². The summed E-state index contributed by atoms with van der Waals surface area (Å²) < 4.78 is 8.76. The zero-order chi connectivity index (χ0) is 14.6. The molecule has 0 bridgehead atoms. The van der Waals surface area contributed by atoms with Crippen LogP contribution in [0.25, 0.3) is 0 Å². The van der Waals surface area contributed by atoms with Crippen molar-refractivity contribution in [2.24, 2.45) is 0 Å². The maximum absolute atomic E-state index is 10.1. The predicted octanol–water partition coefficient (Wildman–Crippen LogP) is -1.56. The minimum Gasteiger partial charge on any atom is -0.463 e. The van der Waals surface area contributed by atoms with Crippen LogP contribution in [0.3, 0.4) is 0 Å². The van der Waals surface area contributed by atoms with Crippen molar-refractivity contribution >= 4 is 11.9 Å². The summed E-state index contributed by atoms with van der Waals surface area (Å²) in [4.78, 5) is 20.2. The Bertz CT molecular complexity index is 227. The van der Waals surface area contributed by atoms with E-state index in [2.05, 4.69) is 9.47 Å². The van der Waals surface area contributed by atoms with E-state index in [0.29, 0.717) is 0 Å². The monoisotopic (exact) mass is 284 g/mol. The molecule has 0 spiro atoms. The predicted molar refractivity (Wildman–Crippen MR) is 66.2 cm³/mol. The van der Waals surface area contributed by atoms with Gasteiger partial charge in [-0.15, -0.1) is 0 Å². The van der Waals surface area contributed by atoms with Crippen LogP contribution >= 0.6 is 0 Å². The highest BCUT2D eigenvalue weighted by Crippen LogP contribution is 1.88. The maximum atomic E-state index is 10.1. The number of aliphatic hydroxyl groups is 4. The lowest BCUT2D eigenvalue weighted by Crippen LogP contribution is -2.24. The Morgan fingerprint density at radius 2 is 1.47 bits per heavy atom. The van der Waals surface area contributed by atoms with Gasteiger partial charge in [0, 0.05) is 13.8 Å². The minimum absolute atomic E-state index is 0. The summed E-state index contributed by atoms with van der Waals surface area (Å²) >= 11 is 0. The van der Waals surface area contributed by atoms with Gasteiger partial charge < -0.3 is 29.9 Å². The summed E-state index contributed by atoms with van der Waals surface area (Å²) in [6.45, 7) is 1.27. The van der Waals surface area contributed by atoms with E-state index in [1.807, 2.05) is 0 Å². The van der Waals surface area contributed by atoms with Crippen LogP contribution in [-0.2, 0) is 19.1 Å². The van der Waals surface area contributed by atoms with Gasteiger partial charge in [0.2, 0.25) is 0 Å². The largest absolute Gasteiger partial charge is 0.463 e. The van der Waals surface area contributed by atoms with Crippen molar-refractivity contribution in [1.82, 2.24) is 0 Å². The molecular formula is C11H24O8. The van der Waals surface area contributed by atoms with E-state index in [1.54, 1.807) is 0 Å². The number of aliphatic hydroxyl groups excluding tert-OH is 4. The number of hydrogen-bond donors (Lipinski definition) is 4. The molecule has 0 rings (SSSR count). The van der Waals surface area contributed by atoms with Gasteiger partial charge >= 0.3 is 11.9 Å². The SMILES string of the molecule is C.CC(=O)OC(CO)CO.CC(=O)OCC(O)CO. The Morgan fingerprint density at radius 3 is 1.68 bits per heavy atom. The topological polar surface area (TPSA) is 134 Å². The van der Waals surface area contributed by atoms with Gasteiger partial charge in [-0.3, -0.25) is 9.59 Å². The van der Waals surface area contributed by atoms with Crippen molar-refractivity contribution < 1.29 is 39.5 Å². The number of carbonyl (C=O) groups is 2. The zero-order valence-electron chi connectivity index (χ0n) is 10.4. The van der Waals surface area contributed by atoms with E-state index < -0.39 is 24.1 Å². The molecule has 0 aromatic rings. The molecule has 0 fully saturated rings. The normalized spacial score (nSPS) is 10.7. The molecule has 8 heteroatoms. The first kappa shape index (κ1) is 22.9.